The highest BCUT2D eigenvalue weighted by Gasteiger charge is 2.13. The molecule has 112 valence electrons. The maximum Gasteiger partial charge on any atom is 0.0753 e. The second-order valence-electron chi connectivity index (χ2n) is 5.37. The number of rotatable bonds is 4. The van der Waals surface area contributed by atoms with Gasteiger partial charge in [-0.15, -0.1) is 9.81 Å². The van der Waals surface area contributed by atoms with E-state index >= 15 is 0 Å². The lowest BCUT2D eigenvalue weighted by Crippen LogP contribution is -1.86. The number of hydrogen-bond acceptors (Lipinski definition) is 4. The van der Waals surface area contributed by atoms with Crippen LogP contribution in [0, 0.1) is 9.81 Å². The number of fused-ring (bicyclic) bond motifs is 2. The summed E-state index contributed by atoms with van der Waals surface area (Å²) in [6.07, 6.45) is 4.06. The van der Waals surface area contributed by atoms with Gasteiger partial charge < -0.3 is 0 Å². The van der Waals surface area contributed by atoms with E-state index in [1.807, 2.05) is 48.5 Å². The summed E-state index contributed by atoms with van der Waals surface area (Å²) in [6, 6.07) is 15.2. The van der Waals surface area contributed by atoms with Gasteiger partial charge in [0.05, 0.1) is 21.6 Å². The van der Waals surface area contributed by atoms with Crippen molar-refractivity contribution in [2.24, 2.45) is 10.6 Å². The lowest BCUT2D eigenvalue weighted by molar-refractivity contribution is 0.898. The number of benzene rings is 2. The minimum absolute atomic E-state index is 0.589. The van der Waals surface area contributed by atoms with Crippen LogP contribution in [0.4, 0.5) is 0 Å². The van der Waals surface area contributed by atoms with E-state index in [1.54, 1.807) is 12.4 Å². The first-order valence-corrected chi connectivity index (χ1v) is 7.17. The quantitative estimate of drug-likeness (QED) is 0.529. The molecule has 0 atom stereocenters. The summed E-state index contributed by atoms with van der Waals surface area (Å²) < 4.78 is 2.67. The molecule has 0 N–H and O–H groups in total. The van der Waals surface area contributed by atoms with Crippen LogP contribution in [-0.2, 0) is 6.42 Å². The fourth-order valence-electron chi connectivity index (χ4n) is 3.09. The van der Waals surface area contributed by atoms with Gasteiger partial charge in [0.1, 0.15) is 0 Å². The Labute approximate surface area is 130 Å². The van der Waals surface area contributed by atoms with E-state index in [9.17, 15) is 9.81 Å². The molecule has 0 aliphatic heterocycles. The lowest BCUT2D eigenvalue weighted by atomic mass is 10.0. The normalized spacial score (nSPS) is 11.1. The molecule has 2 aromatic carbocycles. The van der Waals surface area contributed by atoms with Gasteiger partial charge in [0.25, 0.3) is 0 Å². The van der Waals surface area contributed by atoms with Crippen molar-refractivity contribution in [3.8, 4) is 0 Å². The summed E-state index contributed by atoms with van der Waals surface area (Å²) in [5, 5.41) is 8.03. The molecule has 4 rings (SSSR count). The monoisotopic (exact) mass is 304 g/mol. The molecule has 0 bridgehead atoms. The van der Waals surface area contributed by atoms with Crippen LogP contribution < -0.4 is 0 Å². The number of nitroso groups, excluding NO2 is 2. The maximum atomic E-state index is 11.0. The molecular weight excluding hydrogens is 292 g/mol. The van der Waals surface area contributed by atoms with Crippen molar-refractivity contribution in [1.29, 1.82) is 0 Å². The van der Waals surface area contributed by atoms with Crippen molar-refractivity contribution in [3.05, 3.63) is 81.9 Å². The van der Waals surface area contributed by atoms with E-state index < -0.39 is 0 Å². The molecule has 0 saturated heterocycles. The summed E-state index contributed by atoms with van der Waals surface area (Å²) in [7, 11) is 0. The molecule has 0 aliphatic carbocycles. The van der Waals surface area contributed by atoms with E-state index in [1.165, 1.54) is 9.35 Å². The summed E-state index contributed by atoms with van der Waals surface area (Å²) in [4.78, 5) is 22.0. The van der Waals surface area contributed by atoms with Crippen LogP contribution in [0.1, 0.15) is 11.1 Å². The van der Waals surface area contributed by atoms with E-state index in [2.05, 4.69) is 10.6 Å². The molecule has 0 spiro atoms. The predicted molar refractivity (Wildman–Crippen MR) is 89.1 cm³/mol. The Bertz CT molecular complexity index is 961. The van der Waals surface area contributed by atoms with E-state index in [0.717, 1.165) is 32.9 Å². The minimum Gasteiger partial charge on any atom is -0.204 e. The maximum absolute atomic E-state index is 11.0. The van der Waals surface area contributed by atoms with Crippen LogP contribution in [0.25, 0.3) is 21.8 Å². The highest BCUT2D eigenvalue weighted by atomic mass is 16.3. The second kappa shape index (κ2) is 5.17. The molecule has 6 nitrogen and oxygen atoms in total. The van der Waals surface area contributed by atoms with Crippen molar-refractivity contribution in [1.82, 2.24) is 9.35 Å². The van der Waals surface area contributed by atoms with Gasteiger partial charge in [-0.1, -0.05) is 36.4 Å². The predicted octanol–water partition coefficient (Wildman–Crippen LogP) is 4.25. The SMILES string of the molecule is O=Nn1cc(Cc2cn(N=O)c3ccccc23)c2ccccc21. The van der Waals surface area contributed by atoms with Gasteiger partial charge >= 0.3 is 0 Å². The van der Waals surface area contributed by atoms with Crippen LogP contribution in [0.5, 0.6) is 0 Å². The van der Waals surface area contributed by atoms with Gasteiger partial charge in [0.15, 0.2) is 0 Å². The van der Waals surface area contributed by atoms with Crippen LogP contribution in [0.3, 0.4) is 0 Å². The largest absolute Gasteiger partial charge is 0.204 e. The fraction of sp³-hybridized carbons (Fsp3) is 0.0588. The molecule has 0 aliphatic rings. The first-order chi connectivity index (χ1) is 11.3. The molecule has 0 unspecified atom stereocenters. The Morgan fingerprint density at radius 3 is 1.57 bits per heavy atom. The Hall–Kier alpha value is -3.28. The third-order valence-electron chi connectivity index (χ3n) is 4.11. The number of nitrogens with zero attached hydrogens (tertiary/aromatic N) is 4. The number of para-hydroxylation sites is 2. The van der Waals surface area contributed by atoms with Gasteiger partial charge in [-0.3, -0.25) is 0 Å². The summed E-state index contributed by atoms with van der Waals surface area (Å²) in [6.45, 7) is 0. The first kappa shape index (κ1) is 13.4. The second-order valence-corrected chi connectivity index (χ2v) is 5.37. The molecule has 2 aromatic heterocycles. The zero-order valence-corrected chi connectivity index (χ0v) is 12.1. The number of hydrogen-bond donors (Lipinski definition) is 0. The summed E-state index contributed by atoms with van der Waals surface area (Å²) in [5.74, 6) is 0. The van der Waals surface area contributed by atoms with E-state index in [-0.39, 0.29) is 0 Å². The topological polar surface area (TPSA) is 68.7 Å². The van der Waals surface area contributed by atoms with Gasteiger partial charge in [-0.25, -0.2) is 9.35 Å². The molecule has 4 aromatic rings. The average molecular weight is 304 g/mol. The van der Waals surface area contributed by atoms with Crippen LogP contribution in [-0.4, -0.2) is 9.35 Å². The van der Waals surface area contributed by atoms with E-state index in [4.69, 9.17) is 0 Å². The molecule has 0 saturated carbocycles. The highest BCUT2D eigenvalue weighted by molar-refractivity contribution is 5.87. The van der Waals surface area contributed by atoms with E-state index in [0.29, 0.717) is 6.42 Å². The van der Waals surface area contributed by atoms with Crippen molar-refractivity contribution in [2.75, 3.05) is 0 Å². The Morgan fingerprint density at radius 1 is 0.696 bits per heavy atom. The summed E-state index contributed by atoms with van der Waals surface area (Å²) in [5.41, 5.74) is 3.51. The highest BCUT2D eigenvalue weighted by Crippen LogP contribution is 2.28. The van der Waals surface area contributed by atoms with Gasteiger partial charge in [0, 0.05) is 29.6 Å². The number of aromatic nitrogens is 2. The van der Waals surface area contributed by atoms with Crippen LogP contribution in [0.2, 0.25) is 0 Å². The molecule has 0 radical (unpaired) electrons. The van der Waals surface area contributed by atoms with Crippen LogP contribution >= 0.6 is 0 Å². The zero-order valence-electron chi connectivity index (χ0n) is 12.1. The molecular formula is C17H12N4O2. The van der Waals surface area contributed by atoms with Crippen LogP contribution in [0.15, 0.2) is 71.5 Å². The molecule has 0 fully saturated rings. The van der Waals surface area contributed by atoms with Crippen molar-refractivity contribution in [3.63, 3.8) is 0 Å². The van der Waals surface area contributed by atoms with Gasteiger partial charge in [-0.05, 0) is 23.3 Å². The Morgan fingerprint density at radius 2 is 1.13 bits per heavy atom. The standard InChI is InChI=1S/C17H12N4O2/c22-18-20-10-12(14-5-1-3-7-16(14)20)9-13-11-21(19-23)17-8-4-2-6-15(13)17/h1-8,10-11H,9H2. The molecule has 6 heteroatoms. The fourth-order valence-corrected chi connectivity index (χ4v) is 3.09. The first-order valence-electron chi connectivity index (χ1n) is 7.17. The molecule has 2 heterocycles. The minimum atomic E-state index is 0.589. The van der Waals surface area contributed by atoms with Crippen molar-refractivity contribution in [2.45, 2.75) is 6.42 Å². The third-order valence-corrected chi connectivity index (χ3v) is 4.11. The van der Waals surface area contributed by atoms with Gasteiger partial charge in [0.2, 0.25) is 0 Å². The Kier molecular flexibility index (Phi) is 3.01. The summed E-state index contributed by atoms with van der Waals surface area (Å²) >= 11 is 0. The third kappa shape index (κ3) is 2.03. The average Bonchev–Trinajstić information content (AvgIpc) is 3.14. The molecule has 23 heavy (non-hydrogen) atoms. The lowest BCUT2D eigenvalue weighted by Gasteiger charge is -1.98. The van der Waals surface area contributed by atoms with Crippen molar-refractivity contribution >= 4 is 21.8 Å². The van der Waals surface area contributed by atoms with Crippen molar-refractivity contribution < 1.29 is 0 Å². The Balaban J connectivity index is 1.89. The van der Waals surface area contributed by atoms with Gasteiger partial charge in [-0.2, -0.15) is 0 Å². The smallest absolute Gasteiger partial charge is 0.0753 e. The molecule has 0 amide bonds. The zero-order chi connectivity index (χ0) is 15.8.